The van der Waals surface area contributed by atoms with Gasteiger partial charge >= 0.3 is 0 Å². The van der Waals surface area contributed by atoms with Crippen LogP contribution >= 0.6 is 11.3 Å². The molecule has 0 N–H and O–H groups in total. The molecule has 1 aromatic rings. The minimum Gasteiger partial charge on any atom is -0.274 e. The Kier molecular flexibility index (Phi) is 3.04. The third-order valence-corrected chi connectivity index (χ3v) is 9.42. The average Bonchev–Trinajstić information content (AvgIpc) is 3.22. The number of carbonyl (C=O) groups is 2. The predicted molar refractivity (Wildman–Crippen MR) is 101 cm³/mol. The highest BCUT2D eigenvalue weighted by atomic mass is 32.1. The second-order valence-electron chi connectivity index (χ2n) is 9.26. The second kappa shape index (κ2) is 5.11. The zero-order valence-corrected chi connectivity index (χ0v) is 16.2. The number of carbonyl (C=O) groups excluding carboxylic acids is 2. The SMILES string of the molecule is CC1=C2C(=O)N(CC#N)C(=O)C2C2(c3sccc31)C1CC3CC(C1)CC2C3. The molecule has 1 unspecified atom stereocenters. The summed E-state index contributed by atoms with van der Waals surface area (Å²) in [7, 11) is 0. The van der Waals surface area contributed by atoms with Crippen LogP contribution in [0.2, 0.25) is 0 Å². The Balaban J connectivity index is 1.63. The van der Waals surface area contributed by atoms with Gasteiger partial charge in [0.1, 0.15) is 6.54 Å². The maximum absolute atomic E-state index is 13.5. The Labute approximate surface area is 162 Å². The molecule has 1 saturated heterocycles. The topological polar surface area (TPSA) is 61.2 Å². The highest BCUT2D eigenvalue weighted by Gasteiger charge is 2.68. The molecule has 5 aliphatic carbocycles. The smallest absolute Gasteiger partial charge is 0.258 e. The molecule has 1 aliphatic heterocycles. The first-order valence-corrected chi connectivity index (χ1v) is 11.0. The van der Waals surface area contributed by atoms with Crippen molar-refractivity contribution < 1.29 is 9.59 Å². The molecule has 27 heavy (non-hydrogen) atoms. The van der Waals surface area contributed by atoms with Crippen LogP contribution in [-0.2, 0) is 15.0 Å². The van der Waals surface area contributed by atoms with Gasteiger partial charge < -0.3 is 0 Å². The van der Waals surface area contributed by atoms with Crippen LogP contribution in [0.25, 0.3) is 5.57 Å². The summed E-state index contributed by atoms with van der Waals surface area (Å²) in [4.78, 5) is 29.3. The fourth-order valence-corrected chi connectivity index (χ4v) is 9.05. The van der Waals surface area contributed by atoms with E-state index in [1.165, 1.54) is 47.4 Å². The average molecular weight is 378 g/mol. The van der Waals surface area contributed by atoms with E-state index in [0.717, 1.165) is 17.4 Å². The van der Waals surface area contributed by atoms with Crippen LogP contribution < -0.4 is 0 Å². The first-order valence-electron chi connectivity index (χ1n) is 10.1. The summed E-state index contributed by atoms with van der Waals surface area (Å²) in [5.74, 6) is 1.92. The summed E-state index contributed by atoms with van der Waals surface area (Å²) >= 11 is 1.79. The van der Waals surface area contributed by atoms with Crippen molar-refractivity contribution in [2.45, 2.75) is 44.4 Å². The van der Waals surface area contributed by atoms with Crippen LogP contribution in [-0.4, -0.2) is 23.3 Å². The molecule has 1 aromatic heterocycles. The quantitative estimate of drug-likeness (QED) is 0.552. The van der Waals surface area contributed by atoms with Gasteiger partial charge in [-0.05, 0) is 85.3 Å². The zero-order chi connectivity index (χ0) is 18.5. The van der Waals surface area contributed by atoms with Crippen molar-refractivity contribution in [2.75, 3.05) is 6.54 Å². The molecule has 4 saturated carbocycles. The minimum atomic E-state index is -0.362. The Morgan fingerprint density at radius 1 is 1.19 bits per heavy atom. The van der Waals surface area contributed by atoms with Crippen molar-refractivity contribution in [3.8, 4) is 6.07 Å². The molecule has 4 bridgehead atoms. The van der Waals surface area contributed by atoms with Gasteiger partial charge in [-0.1, -0.05) is 0 Å². The third-order valence-electron chi connectivity index (χ3n) is 8.34. The first-order chi connectivity index (χ1) is 13.1. The van der Waals surface area contributed by atoms with Gasteiger partial charge in [-0.3, -0.25) is 14.5 Å². The molecule has 0 radical (unpaired) electrons. The lowest BCUT2D eigenvalue weighted by molar-refractivity contribution is -0.144. The number of rotatable bonds is 1. The van der Waals surface area contributed by atoms with Crippen LogP contribution in [0.5, 0.6) is 0 Å². The molecule has 1 atom stereocenters. The molecular formula is C22H22N2O2S. The maximum Gasteiger partial charge on any atom is 0.258 e. The lowest BCUT2D eigenvalue weighted by Crippen LogP contribution is -2.61. The molecule has 0 aromatic carbocycles. The van der Waals surface area contributed by atoms with E-state index >= 15 is 0 Å². The summed E-state index contributed by atoms with van der Waals surface area (Å²) in [5, 5.41) is 11.3. The van der Waals surface area contributed by atoms with E-state index in [0.29, 0.717) is 17.4 Å². The number of hydrogen-bond acceptors (Lipinski definition) is 4. The van der Waals surface area contributed by atoms with Crippen LogP contribution in [0, 0.1) is 40.9 Å². The largest absolute Gasteiger partial charge is 0.274 e. The lowest BCUT2D eigenvalue weighted by atomic mass is 9.40. The molecular weight excluding hydrogens is 356 g/mol. The molecule has 138 valence electrons. The van der Waals surface area contributed by atoms with Gasteiger partial charge in [0.25, 0.3) is 5.91 Å². The van der Waals surface area contributed by atoms with Crippen LogP contribution in [0.15, 0.2) is 17.0 Å². The zero-order valence-electron chi connectivity index (χ0n) is 15.4. The van der Waals surface area contributed by atoms with Gasteiger partial charge in [0.05, 0.1) is 12.0 Å². The molecule has 4 nitrogen and oxygen atoms in total. The standard InChI is InChI=1S/C22H22N2O2S/c1-11-16-2-5-27-19(16)22(14-7-12-6-13(9-14)10-15(22)8-12)18-17(11)20(25)24(4-3-23)21(18)26/h2,5,12-15,18H,4,6-10H2,1H3. The Bertz CT molecular complexity index is 937. The van der Waals surface area contributed by atoms with Gasteiger partial charge in [0.15, 0.2) is 0 Å². The summed E-state index contributed by atoms with van der Waals surface area (Å²) in [5.41, 5.74) is 2.66. The number of allylic oxidation sites excluding steroid dienone is 1. The Morgan fingerprint density at radius 3 is 2.48 bits per heavy atom. The van der Waals surface area contributed by atoms with E-state index in [9.17, 15) is 14.9 Å². The van der Waals surface area contributed by atoms with E-state index in [1.54, 1.807) is 11.3 Å². The second-order valence-corrected chi connectivity index (χ2v) is 10.2. The van der Waals surface area contributed by atoms with Gasteiger partial charge in [-0.25, -0.2) is 0 Å². The summed E-state index contributed by atoms with van der Waals surface area (Å²) in [6.45, 7) is 1.87. The van der Waals surface area contributed by atoms with Crippen molar-refractivity contribution in [1.82, 2.24) is 4.90 Å². The third kappa shape index (κ3) is 1.70. The normalized spacial score (nSPS) is 41.3. The Hall–Kier alpha value is -1.93. The summed E-state index contributed by atoms with van der Waals surface area (Å²) in [6, 6.07) is 4.18. The first kappa shape index (κ1) is 16.1. The summed E-state index contributed by atoms with van der Waals surface area (Å²) < 4.78 is 0. The van der Waals surface area contributed by atoms with Crippen molar-refractivity contribution in [3.63, 3.8) is 0 Å². The van der Waals surface area contributed by atoms with Gasteiger partial charge in [-0.2, -0.15) is 5.26 Å². The Morgan fingerprint density at radius 2 is 1.85 bits per heavy atom. The van der Waals surface area contributed by atoms with Gasteiger partial charge in [-0.15, -0.1) is 11.3 Å². The molecule has 7 rings (SSSR count). The summed E-state index contributed by atoms with van der Waals surface area (Å²) in [6.07, 6.45) is 6.17. The number of imide groups is 1. The van der Waals surface area contributed by atoms with E-state index in [-0.39, 0.29) is 29.7 Å². The van der Waals surface area contributed by atoms with Crippen LogP contribution in [0.3, 0.4) is 0 Å². The molecule has 5 fully saturated rings. The van der Waals surface area contributed by atoms with E-state index in [2.05, 4.69) is 11.4 Å². The maximum atomic E-state index is 13.5. The lowest BCUT2D eigenvalue weighted by Gasteiger charge is -2.63. The molecule has 2 heterocycles. The van der Waals surface area contributed by atoms with Gasteiger partial charge in [0.2, 0.25) is 5.91 Å². The number of fused-ring (bicyclic) bond motifs is 2. The monoisotopic (exact) mass is 378 g/mol. The fraction of sp³-hybridized carbons (Fsp3) is 0.591. The number of nitriles is 1. The van der Waals surface area contributed by atoms with Gasteiger partial charge in [0, 0.05) is 15.9 Å². The number of nitrogens with zero attached hydrogens (tertiary/aromatic N) is 2. The molecule has 6 aliphatic rings. The van der Waals surface area contributed by atoms with Crippen LogP contribution in [0.1, 0.15) is 49.5 Å². The fourth-order valence-electron chi connectivity index (χ4n) is 7.71. The van der Waals surface area contributed by atoms with Crippen molar-refractivity contribution in [1.29, 1.82) is 5.26 Å². The van der Waals surface area contributed by atoms with Crippen LogP contribution in [0.4, 0.5) is 0 Å². The van der Waals surface area contributed by atoms with Crippen molar-refractivity contribution in [3.05, 3.63) is 27.5 Å². The molecule has 5 heteroatoms. The van der Waals surface area contributed by atoms with Crippen molar-refractivity contribution >= 4 is 28.7 Å². The highest BCUT2D eigenvalue weighted by Crippen LogP contribution is 2.70. The molecule has 2 amide bonds. The predicted octanol–water partition coefficient (Wildman–Crippen LogP) is 3.74. The molecule has 1 spiro atoms. The minimum absolute atomic E-state index is 0.109. The number of amides is 2. The van der Waals surface area contributed by atoms with E-state index < -0.39 is 0 Å². The number of hydrogen-bond donors (Lipinski definition) is 0. The van der Waals surface area contributed by atoms with E-state index in [1.807, 2.05) is 13.0 Å². The van der Waals surface area contributed by atoms with E-state index in [4.69, 9.17) is 0 Å². The number of thiophene rings is 1. The van der Waals surface area contributed by atoms with Crippen molar-refractivity contribution in [2.24, 2.45) is 29.6 Å². The number of likely N-dealkylation sites (tertiary alicyclic amines) is 1. The highest BCUT2D eigenvalue weighted by molar-refractivity contribution is 7.10.